The minimum Gasteiger partial charge on any atom is -0.284 e. The molecule has 1 aromatic heterocycles. The standard InChI is InChI=1S/C65H57N5O/c1-39-23-40(2)28-57(27-39)50-16-11-15-49(35-50)47(9)66-62(54-20-12-17-51(36-54)58-29-41(3)24-42(4)30-58)67-48(10)61(71)65-69-63(55-21-13-18-52(37-55)59-31-43(5)25-44(6)32-59)68-64(70-65)56-22-14-19-53(38-56)60-33-45(7)26-46(8)34-60/h11-38H,9H2,1-8,10H3. The van der Waals surface area contributed by atoms with Crippen LogP contribution in [0.2, 0.25) is 0 Å². The van der Waals surface area contributed by atoms with Crippen molar-refractivity contribution in [1.82, 2.24) is 15.0 Å². The van der Waals surface area contributed by atoms with Crippen molar-refractivity contribution in [2.45, 2.75) is 62.3 Å². The van der Waals surface area contributed by atoms with Crippen molar-refractivity contribution in [1.29, 1.82) is 0 Å². The van der Waals surface area contributed by atoms with Gasteiger partial charge in [-0.05, 0) is 131 Å². The van der Waals surface area contributed by atoms with Crippen LogP contribution < -0.4 is 0 Å². The van der Waals surface area contributed by atoms with Crippen molar-refractivity contribution in [2.24, 2.45) is 9.98 Å². The monoisotopic (exact) mass is 923 g/mol. The van der Waals surface area contributed by atoms with E-state index in [0.29, 0.717) is 23.2 Å². The number of hydrogen-bond acceptors (Lipinski definition) is 5. The number of aliphatic imine (C=N–C) groups is 2. The Balaban J connectivity index is 1.17. The Morgan fingerprint density at radius 3 is 1.08 bits per heavy atom. The Hall–Kier alpha value is -8.48. The summed E-state index contributed by atoms with van der Waals surface area (Å²) in [5, 5.41) is 0. The maximum Gasteiger partial charge on any atom is 0.244 e. The zero-order valence-electron chi connectivity index (χ0n) is 42.0. The van der Waals surface area contributed by atoms with Gasteiger partial charge in [0, 0.05) is 22.3 Å². The van der Waals surface area contributed by atoms with Crippen LogP contribution in [0.1, 0.15) is 73.2 Å². The van der Waals surface area contributed by atoms with E-state index in [1.165, 1.54) is 44.5 Å². The maximum absolute atomic E-state index is 15.0. The van der Waals surface area contributed by atoms with Crippen molar-refractivity contribution in [2.75, 3.05) is 0 Å². The molecule has 0 atom stereocenters. The lowest BCUT2D eigenvalue weighted by Gasteiger charge is -2.12. The number of ketones is 1. The molecule has 0 N–H and O–H groups in total. The third-order valence-electron chi connectivity index (χ3n) is 12.5. The van der Waals surface area contributed by atoms with Crippen molar-refractivity contribution in [3.63, 3.8) is 0 Å². The molecule has 9 aromatic rings. The average Bonchev–Trinajstić information content (AvgIpc) is 3.34. The van der Waals surface area contributed by atoms with Crippen LogP contribution in [0.4, 0.5) is 0 Å². The maximum atomic E-state index is 15.0. The molecule has 71 heavy (non-hydrogen) atoms. The van der Waals surface area contributed by atoms with Crippen LogP contribution in [-0.4, -0.2) is 32.3 Å². The Morgan fingerprint density at radius 2 is 0.690 bits per heavy atom. The first-order chi connectivity index (χ1) is 34.1. The Kier molecular flexibility index (Phi) is 13.6. The molecule has 0 saturated heterocycles. The molecule has 1 heterocycles. The van der Waals surface area contributed by atoms with E-state index in [1.54, 1.807) is 6.92 Å². The molecule has 0 unspecified atom stereocenters. The highest BCUT2D eigenvalue weighted by Crippen LogP contribution is 2.32. The molecule has 0 spiro atoms. The summed E-state index contributed by atoms with van der Waals surface area (Å²) < 4.78 is 0. The van der Waals surface area contributed by atoms with Crippen LogP contribution in [0.5, 0.6) is 0 Å². The summed E-state index contributed by atoms with van der Waals surface area (Å²) in [6.45, 7) is 23.0. The van der Waals surface area contributed by atoms with E-state index in [1.807, 2.05) is 48.5 Å². The lowest BCUT2D eigenvalue weighted by molar-refractivity contribution is 0.105. The summed E-state index contributed by atoms with van der Waals surface area (Å²) in [6, 6.07) is 58.6. The van der Waals surface area contributed by atoms with Gasteiger partial charge in [0.2, 0.25) is 11.6 Å². The fraction of sp³-hybridized carbons (Fsp3) is 0.138. The van der Waals surface area contributed by atoms with E-state index in [4.69, 9.17) is 24.9 Å². The first-order valence-electron chi connectivity index (χ1n) is 24.0. The predicted molar refractivity (Wildman–Crippen MR) is 296 cm³/mol. The first kappa shape index (κ1) is 47.6. The average molecular weight is 924 g/mol. The van der Waals surface area contributed by atoms with Crippen LogP contribution in [-0.2, 0) is 0 Å². The Bertz CT molecular complexity index is 3440. The number of hydrogen-bond donors (Lipinski definition) is 0. The Labute approximate surface area is 418 Å². The van der Waals surface area contributed by atoms with E-state index in [9.17, 15) is 0 Å². The van der Waals surface area contributed by atoms with E-state index >= 15 is 4.79 Å². The van der Waals surface area contributed by atoms with Gasteiger partial charge >= 0.3 is 0 Å². The van der Waals surface area contributed by atoms with E-state index < -0.39 is 5.78 Å². The van der Waals surface area contributed by atoms with Gasteiger partial charge in [-0.3, -0.25) is 4.79 Å². The third kappa shape index (κ3) is 11.2. The number of nitrogens with zero attached hydrogens (tertiary/aromatic N) is 5. The second-order valence-electron chi connectivity index (χ2n) is 19.0. The first-order valence-corrected chi connectivity index (χ1v) is 24.0. The number of aromatic nitrogens is 3. The summed E-state index contributed by atoms with van der Waals surface area (Å²) in [5.74, 6) is 0.609. The molecule has 0 fully saturated rings. The minimum absolute atomic E-state index is 0.0248. The molecule has 0 aliphatic rings. The van der Waals surface area contributed by atoms with E-state index in [-0.39, 0.29) is 11.5 Å². The molecular weight excluding hydrogens is 867 g/mol. The van der Waals surface area contributed by atoms with Gasteiger partial charge < -0.3 is 0 Å². The summed E-state index contributed by atoms with van der Waals surface area (Å²) in [5.41, 5.74) is 21.6. The molecule has 0 aliphatic carbocycles. The molecule has 0 bridgehead atoms. The highest BCUT2D eigenvalue weighted by molar-refractivity contribution is 6.46. The second-order valence-corrected chi connectivity index (χ2v) is 19.0. The van der Waals surface area contributed by atoms with Gasteiger partial charge in [0.25, 0.3) is 0 Å². The number of carbonyl (C=O) groups is 1. The number of amidine groups is 1. The van der Waals surface area contributed by atoms with Crippen LogP contribution in [0.3, 0.4) is 0 Å². The largest absolute Gasteiger partial charge is 0.284 e. The summed E-state index contributed by atoms with van der Waals surface area (Å²) in [7, 11) is 0. The van der Waals surface area contributed by atoms with Crippen molar-refractivity contribution in [3.05, 3.63) is 238 Å². The van der Waals surface area contributed by atoms with Crippen molar-refractivity contribution >= 4 is 23.0 Å². The molecule has 6 nitrogen and oxygen atoms in total. The van der Waals surface area contributed by atoms with Gasteiger partial charge in [-0.25, -0.2) is 24.9 Å². The van der Waals surface area contributed by atoms with Crippen molar-refractivity contribution < 1.29 is 4.79 Å². The van der Waals surface area contributed by atoms with Gasteiger partial charge in [-0.2, -0.15) is 0 Å². The van der Waals surface area contributed by atoms with E-state index in [0.717, 1.165) is 66.8 Å². The summed E-state index contributed by atoms with van der Waals surface area (Å²) >= 11 is 0. The highest BCUT2D eigenvalue weighted by Gasteiger charge is 2.21. The summed E-state index contributed by atoms with van der Waals surface area (Å²) in [4.78, 5) is 40.1. The molecule has 0 saturated carbocycles. The number of benzene rings is 8. The molecule has 348 valence electrons. The quantitative estimate of drug-likeness (QED) is 0.0735. The van der Waals surface area contributed by atoms with Gasteiger partial charge in [-0.1, -0.05) is 197 Å². The predicted octanol–water partition coefficient (Wildman–Crippen LogP) is 16.1. The molecule has 0 radical (unpaired) electrons. The molecule has 0 aliphatic heterocycles. The molecule has 9 rings (SSSR count). The van der Waals surface area contributed by atoms with Gasteiger partial charge in [-0.15, -0.1) is 0 Å². The SMILES string of the molecule is C=C(N=C(N=C(C)C(=O)c1nc(-c2cccc(-c3cc(C)cc(C)c3)c2)nc(-c2cccc(-c3cc(C)cc(C)c3)c2)n1)c1cccc(-c2cc(C)cc(C)c2)c1)c1cccc(-c2cc(C)cc(C)c2)c1. The lowest BCUT2D eigenvalue weighted by atomic mass is 9.98. The molecule has 8 aromatic carbocycles. The number of carbonyl (C=O) groups excluding carboxylic acids is 1. The smallest absolute Gasteiger partial charge is 0.244 e. The highest BCUT2D eigenvalue weighted by atomic mass is 16.1. The fourth-order valence-electron chi connectivity index (χ4n) is 9.41. The van der Waals surface area contributed by atoms with Crippen molar-refractivity contribution in [3.8, 4) is 67.3 Å². The minimum atomic E-state index is -0.452. The van der Waals surface area contributed by atoms with Crippen LogP contribution >= 0.6 is 0 Å². The third-order valence-corrected chi connectivity index (χ3v) is 12.5. The molecular formula is C65H57N5O. The molecule has 6 heteroatoms. The van der Waals surface area contributed by atoms with Crippen LogP contribution in [0.25, 0.3) is 73.0 Å². The van der Waals surface area contributed by atoms with Gasteiger partial charge in [0.05, 0.1) is 11.4 Å². The summed E-state index contributed by atoms with van der Waals surface area (Å²) in [6.07, 6.45) is 0. The van der Waals surface area contributed by atoms with Crippen LogP contribution in [0.15, 0.2) is 186 Å². The molecule has 0 amide bonds. The van der Waals surface area contributed by atoms with E-state index in [2.05, 4.69) is 183 Å². The second kappa shape index (κ2) is 20.2. The van der Waals surface area contributed by atoms with Crippen LogP contribution in [0, 0.1) is 55.4 Å². The fourth-order valence-corrected chi connectivity index (χ4v) is 9.41. The lowest BCUT2D eigenvalue weighted by Crippen LogP contribution is -2.18. The number of Topliss-reactive ketones (excluding diaryl/α,β-unsaturated/α-hetero) is 1. The topological polar surface area (TPSA) is 80.5 Å². The zero-order valence-corrected chi connectivity index (χ0v) is 42.0. The zero-order chi connectivity index (χ0) is 49.9. The number of aryl methyl sites for hydroxylation is 8. The van der Waals surface area contributed by atoms with Gasteiger partial charge in [0.1, 0.15) is 0 Å². The van der Waals surface area contributed by atoms with Gasteiger partial charge in [0.15, 0.2) is 17.5 Å². The Morgan fingerprint density at radius 1 is 0.366 bits per heavy atom. The normalized spacial score (nSPS) is 11.7. The number of rotatable bonds is 11.